The van der Waals surface area contributed by atoms with Crippen LogP contribution >= 0.6 is 11.6 Å². The lowest BCUT2D eigenvalue weighted by Gasteiger charge is -2.19. The minimum atomic E-state index is -0.868. The summed E-state index contributed by atoms with van der Waals surface area (Å²) in [5.41, 5.74) is 0.728. The quantitative estimate of drug-likeness (QED) is 0.806. The molecular formula is C16H18ClNO5. The van der Waals surface area contributed by atoms with Gasteiger partial charge in [0.15, 0.2) is 11.5 Å². The van der Waals surface area contributed by atoms with Gasteiger partial charge in [-0.3, -0.25) is 9.59 Å². The minimum absolute atomic E-state index is 0.0408. The van der Waals surface area contributed by atoms with Gasteiger partial charge in [-0.1, -0.05) is 11.6 Å². The summed E-state index contributed by atoms with van der Waals surface area (Å²) in [6, 6.07) is 3.46. The zero-order chi connectivity index (χ0) is 16.8. The van der Waals surface area contributed by atoms with E-state index in [1.165, 1.54) is 11.0 Å². The Morgan fingerprint density at radius 1 is 1.35 bits per heavy atom. The van der Waals surface area contributed by atoms with Crippen LogP contribution in [0.3, 0.4) is 0 Å². The number of carbonyl (C=O) groups excluding carboxylic acids is 1. The van der Waals surface area contributed by atoms with Gasteiger partial charge in [0.05, 0.1) is 5.02 Å². The van der Waals surface area contributed by atoms with Crippen molar-refractivity contribution in [3.8, 4) is 11.5 Å². The van der Waals surface area contributed by atoms with Crippen LogP contribution in [0, 0.1) is 0 Å². The zero-order valence-corrected chi connectivity index (χ0v) is 13.5. The van der Waals surface area contributed by atoms with E-state index in [0.717, 1.165) is 5.56 Å². The molecule has 1 aromatic rings. The van der Waals surface area contributed by atoms with Gasteiger partial charge < -0.3 is 19.5 Å². The van der Waals surface area contributed by atoms with Gasteiger partial charge in [-0.25, -0.2) is 0 Å². The molecule has 1 heterocycles. The van der Waals surface area contributed by atoms with Gasteiger partial charge in [-0.05, 0) is 30.2 Å². The third-order valence-electron chi connectivity index (χ3n) is 3.30. The van der Waals surface area contributed by atoms with E-state index in [9.17, 15) is 9.59 Å². The van der Waals surface area contributed by atoms with Gasteiger partial charge in [0, 0.05) is 26.1 Å². The Balaban J connectivity index is 1.98. The SMILES string of the molecule is CN(CCCC(=O)O)C(=O)/C=C/c1cc(Cl)c2c(c1)OCCO2. The number of hydrogen-bond donors (Lipinski definition) is 1. The van der Waals surface area contributed by atoms with Crippen molar-refractivity contribution in [2.24, 2.45) is 0 Å². The molecule has 0 aliphatic carbocycles. The standard InChI is InChI=1S/C16H18ClNO5/c1-18(6-2-3-15(20)21)14(19)5-4-11-9-12(17)16-13(10-11)22-7-8-23-16/h4-5,9-10H,2-3,6-8H2,1H3,(H,20,21)/b5-4+. The highest BCUT2D eigenvalue weighted by atomic mass is 35.5. The van der Waals surface area contributed by atoms with Crippen molar-refractivity contribution >= 4 is 29.6 Å². The lowest BCUT2D eigenvalue weighted by molar-refractivity contribution is -0.137. The predicted octanol–water partition coefficient (Wildman–Crippen LogP) is 2.45. The van der Waals surface area contributed by atoms with Gasteiger partial charge in [0.2, 0.25) is 5.91 Å². The molecule has 1 aliphatic heterocycles. The summed E-state index contributed by atoms with van der Waals surface area (Å²) in [7, 11) is 1.63. The number of aliphatic carboxylic acids is 1. The van der Waals surface area contributed by atoms with Gasteiger partial charge in [-0.2, -0.15) is 0 Å². The van der Waals surface area contributed by atoms with Crippen LogP contribution in [0.2, 0.25) is 5.02 Å². The number of carboxylic acids is 1. The molecule has 0 aromatic heterocycles. The van der Waals surface area contributed by atoms with Crippen molar-refractivity contribution in [3.05, 3.63) is 28.8 Å². The fourth-order valence-corrected chi connectivity index (χ4v) is 2.37. The fraction of sp³-hybridized carbons (Fsp3) is 0.375. The molecule has 23 heavy (non-hydrogen) atoms. The van der Waals surface area contributed by atoms with E-state index < -0.39 is 5.97 Å². The molecule has 1 aliphatic rings. The van der Waals surface area contributed by atoms with Gasteiger partial charge >= 0.3 is 5.97 Å². The van der Waals surface area contributed by atoms with E-state index in [-0.39, 0.29) is 12.3 Å². The smallest absolute Gasteiger partial charge is 0.303 e. The molecule has 0 fully saturated rings. The van der Waals surface area contributed by atoms with E-state index in [2.05, 4.69) is 0 Å². The Kier molecular flexibility index (Phi) is 5.87. The van der Waals surface area contributed by atoms with Crippen LogP contribution in [-0.4, -0.2) is 48.7 Å². The van der Waals surface area contributed by atoms with Crippen LogP contribution in [0.1, 0.15) is 18.4 Å². The van der Waals surface area contributed by atoms with Gasteiger partial charge in [0.1, 0.15) is 13.2 Å². The number of ether oxygens (including phenoxy) is 2. The molecule has 0 radical (unpaired) electrons. The Labute approximate surface area is 139 Å². The van der Waals surface area contributed by atoms with E-state index in [1.807, 2.05) is 0 Å². The first-order valence-electron chi connectivity index (χ1n) is 7.21. The topological polar surface area (TPSA) is 76.1 Å². The third kappa shape index (κ3) is 4.89. The lowest BCUT2D eigenvalue weighted by Crippen LogP contribution is -2.26. The van der Waals surface area contributed by atoms with Crippen LogP contribution in [-0.2, 0) is 9.59 Å². The van der Waals surface area contributed by atoms with Crippen molar-refractivity contribution in [1.29, 1.82) is 0 Å². The summed E-state index contributed by atoms with van der Waals surface area (Å²) < 4.78 is 10.9. The summed E-state index contributed by atoms with van der Waals surface area (Å²) in [5, 5.41) is 9.02. The molecule has 0 bridgehead atoms. The first-order chi connectivity index (χ1) is 11.0. The molecule has 124 valence electrons. The molecular weight excluding hydrogens is 322 g/mol. The van der Waals surface area contributed by atoms with Crippen molar-refractivity contribution in [3.63, 3.8) is 0 Å². The Morgan fingerprint density at radius 3 is 2.83 bits per heavy atom. The van der Waals surface area contributed by atoms with Crippen LogP contribution < -0.4 is 9.47 Å². The minimum Gasteiger partial charge on any atom is -0.486 e. The van der Waals surface area contributed by atoms with E-state index in [0.29, 0.717) is 42.7 Å². The van der Waals surface area contributed by atoms with Crippen molar-refractivity contribution < 1.29 is 24.2 Å². The molecule has 1 amide bonds. The molecule has 0 saturated heterocycles. The predicted molar refractivity (Wildman–Crippen MR) is 86.0 cm³/mol. The second-order valence-electron chi connectivity index (χ2n) is 5.12. The highest BCUT2D eigenvalue weighted by Gasteiger charge is 2.16. The summed E-state index contributed by atoms with van der Waals surface area (Å²) in [6.45, 7) is 1.31. The van der Waals surface area contributed by atoms with Crippen molar-refractivity contribution in [2.45, 2.75) is 12.8 Å². The highest BCUT2D eigenvalue weighted by molar-refractivity contribution is 6.32. The van der Waals surface area contributed by atoms with Crippen LogP contribution in [0.15, 0.2) is 18.2 Å². The Bertz CT molecular complexity index is 629. The Morgan fingerprint density at radius 2 is 2.09 bits per heavy atom. The fourth-order valence-electron chi connectivity index (χ4n) is 2.10. The van der Waals surface area contributed by atoms with E-state index in [1.54, 1.807) is 25.3 Å². The van der Waals surface area contributed by atoms with E-state index in [4.69, 9.17) is 26.2 Å². The average Bonchev–Trinajstić information content (AvgIpc) is 2.52. The maximum absolute atomic E-state index is 12.0. The second-order valence-corrected chi connectivity index (χ2v) is 5.52. The van der Waals surface area contributed by atoms with Gasteiger partial charge in [0.25, 0.3) is 0 Å². The molecule has 6 nitrogen and oxygen atoms in total. The molecule has 7 heteroatoms. The number of nitrogens with zero attached hydrogens (tertiary/aromatic N) is 1. The summed E-state index contributed by atoms with van der Waals surface area (Å²) in [6.07, 6.45) is 3.52. The average molecular weight is 340 g/mol. The number of hydrogen-bond acceptors (Lipinski definition) is 4. The van der Waals surface area contributed by atoms with Gasteiger partial charge in [-0.15, -0.1) is 0 Å². The molecule has 0 saturated carbocycles. The number of likely N-dealkylation sites (N-methyl/N-ethyl adjacent to an activating group) is 1. The largest absolute Gasteiger partial charge is 0.486 e. The number of carbonyl (C=O) groups is 2. The Hall–Kier alpha value is -2.21. The number of amides is 1. The molecule has 0 spiro atoms. The van der Waals surface area contributed by atoms with Crippen molar-refractivity contribution in [1.82, 2.24) is 4.90 Å². The first-order valence-corrected chi connectivity index (χ1v) is 7.59. The zero-order valence-electron chi connectivity index (χ0n) is 12.8. The highest BCUT2D eigenvalue weighted by Crippen LogP contribution is 2.38. The maximum atomic E-state index is 12.0. The maximum Gasteiger partial charge on any atom is 0.303 e. The monoisotopic (exact) mass is 339 g/mol. The van der Waals surface area contributed by atoms with E-state index >= 15 is 0 Å². The van der Waals surface area contributed by atoms with Crippen LogP contribution in [0.4, 0.5) is 0 Å². The van der Waals surface area contributed by atoms with Crippen molar-refractivity contribution in [2.75, 3.05) is 26.8 Å². The lowest BCUT2D eigenvalue weighted by atomic mass is 10.1. The number of rotatable bonds is 6. The molecule has 0 atom stereocenters. The first kappa shape index (κ1) is 17.1. The van der Waals surface area contributed by atoms with Crippen LogP contribution in [0.25, 0.3) is 6.08 Å². The third-order valence-corrected chi connectivity index (χ3v) is 3.58. The molecule has 0 unspecified atom stereocenters. The normalized spacial score (nSPS) is 13.1. The summed E-state index contributed by atoms with van der Waals surface area (Å²) in [5.74, 6) is 0.00607. The summed E-state index contributed by atoms with van der Waals surface area (Å²) >= 11 is 6.13. The summed E-state index contributed by atoms with van der Waals surface area (Å²) in [4.78, 5) is 23.9. The van der Waals surface area contributed by atoms with Crippen LogP contribution in [0.5, 0.6) is 11.5 Å². The number of carboxylic acid groups (broad SMARTS) is 1. The number of benzene rings is 1. The molecule has 1 N–H and O–H groups in total. The molecule has 2 rings (SSSR count). The second kappa shape index (κ2) is 7.87. The number of halogens is 1. The molecule has 1 aromatic carbocycles. The number of fused-ring (bicyclic) bond motifs is 1.